The number of phenolic OH excluding ortho intramolecular Hbond substituents is 1. The van der Waals surface area contributed by atoms with Crippen LogP contribution in [-0.4, -0.2) is 33.2 Å². The molecule has 0 unspecified atom stereocenters. The van der Waals surface area contributed by atoms with Crippen molar-refractivity contribution in [3.8, 4) is 23.0 Å². The monoisotopic (exact) mass is 457 g/mol. The molecule has 2 aliphatic rings. The lowest BCUT2D eigenvalue weighted by molar-refractivity contribution is 0.0547. The number of carbonyl (C=O) groups excluding carboxylic acids is 1. The van der Waals surface area contributed by atoms with Crippen LogP contribution in [0.3, 0.4) is 0 Å². The zero-order chi connectivity index (χ0) is 23.9. The first-order valence-electron chi connectivity index (χ1n) is 11.4. The number of aromatic hydroxyl groups is 1. The van der Waals surface area contributed by atoms with Crippen LogP contribution in [-0.2, 0) is 13.0 Å². The molecule has 6 nitrogen and oxygen atoms in total. The molecule has 0 saturated heterocycles. The van der Waals surface area contributed by atoms with Crippen LogP contribution < -0.4 is 9.47 Å². The highest BCUT2D eigenvalue weighted by Crippen LogP contribution is 2.37. The van der Waals surface area contributed by atoms with Gasteiger partial charge in [0.05, 0.1) is 0 Å². The summed E-state index contributed by atoms with van der Waals surface area (Å²) in [5, 5.41) is 19.5. The molecule has 0 fully saturated rings. The largest absolute Gasteiger partial charge is 0.508 e. The lowest BCUT2D eigenvalue weighted by Gasteiger charge is -2.35. The Labute approximate surface area is 198 Å². The van der Waals surface area contributed by atoms with Crippen molar-refractivity contribution < 1.29 is 24.5 Å². The van der Waals surface area contributed by atoms with Gasteiger partial charge in [-0.25, -0.2) is 0 Å². The Kier molecular flexibility index (Phi) is 5.44. The average Bonchev–Trinajstić information content (AvgIpc) is 2.84. The highest BCUT2D eigenvalue weighted by atomic mass is 16.5. The van der Waals surface area contributed by atoms with Gasteiger partial charge in [0.1, 0.15) is 28.8 Å². The number of carbonyl (C=O) groups is 1. The molecule has 6 heteroatoms. The van der Waals surface area contributed by atoms with Gasteiger partial charge >= 0.3 is 0 Å². The van der Waals surface area contributed by atoms with Crippen molar-refractivity contribution in [1.82, 2.24) is 4.90 Å². The van der Waals surface area contributed by atoms with Crippen molar-refractivity contribution in [3.05, 3.63) is 94.8 Å². The van der Waals surface area contributed by atoms with E-state index >= 15 is 0 Å². The molecule has 1 atom stereocenters. The Balaban J connectivity index is 1.28. The van der Waals surface area contributed by atoms with Crippen LogP contribution in [0.4, 0.5) is 0 Å². The van der Waals surface area contributed by atoms with Crippen LogP contribution in [0.15, 0.2) is 72.5 Å². The number of aliphatic hydroxyl groups excluding tert-OH is 1. The highest BCUT2D eigenvalue weighted by Gasteiger charge is 2.38. The molecule has 1 aliphatic heterocycles. The topological polar surface area (TPSA) is 79.2 Å². The standard InChI is InChI=1S/C28H27NO5/c1-18-14-24(8-9-25(18)34-28(2)12-10-26(28)31)33-23-5-3-4-20(16-23)27(32)29-13-11-19-15-22(30)7-6-21(19)17-29/h3-10,14-16,30-31H,11-13,17H2,1-2H3/t28-/m0/s1. The Morgan fingerprint density at radius 1 is 1.00 bits per heavy atom. The molecule has 3 aromatic rings. The first-order valence-corrected chi connectivity index (χ1v) is 11.4. The Bertz CT molecular complexity index is 1300. The van der Waals surface area contributed by atoms with Gasteiger partial charge in [0, 0.05) is 25.1 Å². The van der Waals surface area contributed by atoms with Gasteiger partial charge in [-0.2, -0.15) is 0 Å². The van der Waals surface area contributed by atoms with E-state index in [1.165, 1.54) is 0 Å². The van der Waals surface area contributed by atoms with Crippen molar-refractivity contribution in [1.29, 1.82) is 0 Å². The van der Waals surface area contributed by atoms with Crippen LogP contribution >= 0.6 is 0 Å². The number of hydrogen-bond donors (Lipinski definition) is 2. The Morgan fingerprint density at radius 2 is 1.82 bits per heavy atom. The molecular weight excluding hydrogens is 430 g/mol. The number of aliphatic hydroxyl groups is 1. The molecule has 2 N–H and O–H groups in total. The number of aryl methyl sites for hydroxylation is 1. The molecule has 0 spiro atoms. The second kappa shape index (κ2) is 8.45. The number of hydrogen-bond acceptors (Lipinski definition) is 5. The number of benzene rings is 3. The number of phenols is 1. The average molecular weight is 458 g/mol. The minimum Gasteiger partial charge on any atom is -0.508 e. The highest BCUT2D eigenvalue weighted by molar-refractivity contribution is 5.94. The minimum absolute atomic E-state index is 0.0503. The second-order valence-corrected chi connectivity index (χ2v) is 9.11. The zero-order valence-corrected chi connectivity index (χ0v) is 19.2. The summed E-state index contributed by atoms with van der Waals surface area (Å²) in [5.41, 5.74) is 2.93. The molecule has 3 aromatic carbocycles. The molecular formula is C28H27NO5. The fourth-order valence-electron chi connectivity index (χ4n) is 4.34. The third-order valence-electron chi connectivity index (χ3n) is 6.51. The number of nitrogens with zero attached hydrogens (tertiary/aromatic N) is 1. The Morgan fingerprint density at radius 3 is 2.56 bits per heavy atom. The van der Waals surface area contributed by atoms with Gasteiger partial charge in [-0.15, -0.1) is 0 Å². The van der Waals surface area contributed by atoms with Gasteiger partial charge in [0.15, 0.2) is 5.60 Å². The smallest absolute Gasteiger partial charge is 0.254 e. The van der Waals surface area contributed by atoms with Crippen molar-refractivity contribution in [2.45, 2.75) is 38.8 Å². The van der Waals surface area contributed by atoms with E-state index in [0.717, 1.165) is 16.7 Å². The van der Waals surface area contributed by atoms with E-state index in [9.17, 15) is 15.0 Å². The first kappa shape index (κ1) is 21.9. The SMILES string of the molecule is Cc1cc(Oc2cccc(C(=O)N3CCc4cc(O)ccc4C3)c2)ccc1O[C@@]1(C)CC=C1O. The lowest BCUT2D eigenvalue weighted by Crippen LogP contribution is -2.40. The number of amides is 1. The van der Waals surface area contributed by atoms with Gasteiger partial charge < -0.3 is 24.6 Å². The second-order valence-electron chi connectivity index (χ2n) is 9.11. The molecule has 1 aliphatic carbocycles. The number of fused-ring (bicyclic) bond motifs is 1. The number of rotatable bonds is 5. The fraction of sp³-hybridized carbons (Fsp3) is 0.250. The maximum absolute atomic E-state index is 13.2. The van der Waals surface area contributed by atoms with Crippen LogP contribution in [0.5, 0.6) is 23.0 Å². The maximum Gasteiger partial charge on any atom is 0.254 e. The summed E-state index contributed by atoms with van der Waals surface area (Å²) in [4.78, 5) is 15.0. The summed E-state index contributed by atoms with van der Waals surface area (Å²) in [7, 11) is 0. The van der Waals surface area contributed by atoms with Crippen LogP contribution in [0, 0.1) is 6.92 Å². The van der Waals surface area contributed by atoms with E-state index in [1.54, 1.807) is 30.3 Å². The molecule has 174 valence electrons. The van der Waals surface area contributed by atoms with E-state index in [1.807, 2.05) is 55.1 Å². The predicted octanol–water partition coefficient (Wildman–Crippen LogP) is 5.67. The van der Waals surface area contributed by atoms with Crippen LogP contribution in [0.1, 0.15) is 40.4 Å². The van der Waals surface area contributed by atoms with Gasteiger partial charge in [-0.3, -0.25) is 4.79 Å². The van der Waals surface area contributed by atoms with Gasteiger partial charge in [-0.1, -0.05) is 12.1 Å². The molecule has 0 bridgehead atoms. The zero-order valence-electron chi connectivity index (χ0n) is 19.2. The third kappa shape index (κ3) is 4.19. The summed E-state index contributed by atoms with van der Waals surface area (Å²) in [6, 6.07) is 18.0. The van der Waals surface area contributed by atoms with Crippen molar-refractivity contribution in [3.63, 3.8) is 0 Å². The normalized spacial score (nSPS) is 19.0. The van der Waals surface area contributed by atoms with E-state index in [0.29, 0.717) is 48.7 Å². The minimum atomic E-state index is -0.669. The van der Waals surface area contributed by atoms with Gasteiger partial charge in [0.25, 0.3) is 5.91 Å². The van der Waals surface area contributed by atoms with E-state index in [4.69, 9.17) is 9.47 Å². The van der Waals surface area contributed by atoms with Crippen molar-refractivity contribution in [2.24, 2.45) is 0 Å². The number of ether oxygens (including phenoxy) is 2. The molecule has 0 aromatic heterocycles. The molecule has 1 heterocycles. The van der Waals surface area contributed by atoms with E-state index in [-0.39, 0.29) is 17.4 Å². The van der Waals surface area contributed by atoms with Crippen LogP contribution in [0.25, 0.3) is 0 Å². The summed E-state index contributed by atoms with van der Waals surface area (Å²) in [5.74, 6) is 2.37. The van der Waals surface area contributed by atoms with Gasteiger partial charge in [-0.05, 0) is 91.6 Å². The summed E-state index contributed by atoms with van der Waals surface area (Å²) < 4.78 is 12.0. The molecule has 0 radical (unpaired) electrons. The Hall–Kier alpha value is -3.93. The summed E-state index contributed by atoms with van der Waals surface area (Å²) in [6.45, 7) is 4.91. The molecule has 0 saturated carbocycles. The lowest BCUT2D eigenvalue weighted by atomic mass is 9.88. The van der Waals surface area contributed by atoms with E-state index < -0.39 is 5.60 Å². The fourth-order valence-corrected chi connectivity index (χ4v) is 4.34. The molecule has 5 rings (SSSR count). The molecule has 34 heavy (non-hydrogen) atoms. The summed E-state index contributed by atoms with van der Waals surface area (Å²) in [6.07, 6.45) is 3.13. The van der Waals surface area contributed by atoms with Crippen molar-refractivity contribution >= 4 is 5.91 Å². The molecule has 1 amide bonds. The third-order valence-corrected chi connectivity index (χ3v) is 6.51. The predicted molar refractivity (Wildman–Crippen MR) is 129 cm³/mol. The van der Waals surface area contributed by atoms with Gasteiger partial charge in [0.2, 0.25) is 0 Å². The quantitative estimate of drug-likeness (QED) is 0.516. The first-order chi connectivity index (χ1) is 16.3. The van der Waals surface area contributed by atoms with E-state index in [2.05, 4.69) is 0 Å². The van der Waals surface area contributed by atoms with Crippen LogP contribution in [0.2, 0.25) is 0 Å². The summed E-state index contributed by atoms with van der Waals surface area (Å²) >= 11 is 0. The van der Waals surface area contributed by atoms with Crippen molar-refractivity contribution in [2.75, 3.05) is 6.54 Å². The maximum atomic E-state index is 13.2.